The van der Waals surface area contributed by atoms with Crippen LogP contribution < -0.4 is 10.8 Å². The van der Waals surface area contributed by atoms with E-state index in [0.717, 1.165) is 6.07 Å². The van der Waals surface area contributed by atoms with Crippen LogP contribution in [0.4, 0.5) is 5.69 Å². The van der Waals surface area contributed by atoms with Gasteiger partial charge in [0.05, 0.1) is 26.7 Å². The quantitative estimate of drug-likeness (QED) is 0.276. The monoisotopic (exact) mass is 356 g/mol. The molecule has 1 fully saturated rings. The largest absolute Gasteiger partial charge is 0.872 e. The number of anilines is 1. The molecule has 0 saturated carbocycles. The van der Waals surface area contributed by atoms with Crippen LogP contribution in [0.5, 0.6) is 5.75 Å². The van der Waals surface area contributed by atoms with Crippen molar-refractivity contribution in [2.45, 2.75) is 30.6 Å². The molecule has 2 rings (SSSR count). The average Bonchev–Trinajstić information content (AvgIpc) is 2.50. The molecule has 0 bridgehead atoms. The second kappa shape index (κ2) is 7.14. The number of carbonyl (C=O) groups excluding carboxylic acids is 1. The summed E-state index contributed by atoms with van der Waals surface area (Å²) in [6, 6.07) is 2.94. The number of hydrogen-bond acceptors (Lipinski definition) is 8. The lowest BCUT2D eigenvalue weighted by Crippen LogP contribution is -2.67. The Balaban J connectivity index is 2.04. The Labute approximate surface area is 145 Å². The van der Waals surface area contributed by atoms with E-state index in [4.69, 9.17) is 15.2 Å². The number of nitrogens with zero attached hydrogens (tertiary/aromatic N) is 1. The van der Waals surface area contributed by atoms with E-state index in [1.807, 2.05) is 0 Å². The summed E-state index contributed by atoms with van der Waals surface area (Å²) in [5.41, 5.74) is 5.53. The second-order valence-corrected chi connectivity index (χ2v) is 7.01. The predicted octanol–water partition coefficient (Wildman–Crippen LogP) is -1.99. The third-order valence-electron chi connectivity index (χ3n) is 4.18. The van der Waals surface area contributed by atoms with E-state index >= 15 is 0 Å². The van der Waals surface area contributed by atoms with E-state index in [1.54, 1.807) is 21.1 Å². The van der Waals surface area contributed by atoms with Gasteiger partial charge in [0.2, 0.25) is 6.29 Å². The van der Waals surface area contributed by atoms with Crippen molar-refractivity contribution in [3.05, 3.63) is 23.8 Å². The van der Waals surface area contributed by atoms with Gasteiger partial charge in [-0.05, 0) is 12.1 Å². The van der Waals surface area contributed by atoms with E-state index < -0.39 is 49.0 Å². The molecule has 9 nitrogen and oxygen atoms in total. The first-order chi connectivity index (χ1) is 11.5. The second-order valence-electron chi connectivity index (χ2n) is 7.01. The summed E-state index contributed by atoms with van der Waals surface area (Å²) < 4.78 is 10.4. The van der Waals surface area contributed by atoms with Crippen molar-refractivity contribution in [2.75, 3.05) is 33.5 Å². The normalized spacial score (nSPS) is 30.1. The lowest BCUT2D eigenvalue weighted by molar-refractivity contribution is -0.909. The highest BCUT2D eigenvalue weighted by molar-refractivity contribution is 5.93. The Kier molecular flexibility index (Phi) is 5.55. The fourth-order valence-corrected chi connectivity index (χ4v) is 2.85. The minimum Gasteiger partial charge on any atom is -0.872 e. The van der Waals surface area contributed by atoms with Crippen molar-refractivity contribution in [2.24, 2.45) is 0 Å². The summed E-state index contributed by atoms with van der Waals surface area (Å²) in [5.74, 6) is -1.47. The molecule has 0 spiro atoms. The predicted molar refractivity (Wildman–Crippen MR) is 85.3 cm³/mol. The number of nitrogens with two attached hydrogens (primary N) is 1. The van der Waals surface area contributed by atoms with Gasteiger partial charge in [-0.1, -0.05) is 11.8 Å². The zero-order valence-corrected chi connectivity index (χ0v) is 14.3. The number of ether oxygens (including phenoxy) is 2. The minimum absolute atomic E-state index is 0.161. The molecule has 0 unspecified atom stereocenters. The number of benzene rings is 1. The Hall–Kier alpha value is -1.91. The van der Waals surface area contributed by atoms with Gasteiger partial charge in [-0.15, -0.1) is 0 Å². The standard InChI is InChI=1S/C16H24N2O7/c1-18(2,3)12-14(21)13(20)11(25-16(12)23)7-24-15(22)9-6-8(17)4-5-10(9)19/h4-6,11-14,16,20-21,23H,7,17H2,1-3H3/t11-,12-,13-,14-,16-/m1/s1. The first-order valence-corrected chi connectivity index (χ1v) is 7.77. The number of aliphatic hydroxyl groups excluding tert-OH is 3. The van der Waals surface area contributed by atoms with Crippen LogP contribution in [0.2, 0.25) is 0 Å². The Morgan fingerprint density at radius 2 is 1.92 bits per heavy atom. The number of nitrogen functional groups attached to an aromatic ring is 1. The zero-order chi connectivity index (χ0) is 18.9. The van der Waals surface area contributed by atoms with Gasteiger partial charge in [0, 0.05) is 5.69 Å². The van der Waals surface area contributed by atoms with Crippen molar-refractivity contribution in [3.63, 3.8) is 0 Å². The number of quaternary nitrogens is 1. The van der Waals surface area contributed by atoms with Crippen molar-refractivity contribution >= 4 is 11.7 Å². The molecule has 5 N–H and O–H groups in total. The van der Waals surface area contributed by atoms with Crippen molar-refractivity contribution in [3.8, 4) is 5.75 Å². The lowest BCUT2D eigenvalue weighted by Gasteiger charge is -2.46. The number of aliphatic hydroxyl groups is 3. The van der Waals surface area contributed by atoms with Crippen LogP contribution in [0, 0.1) is 0 Å². The summed E-state index contributed by atoms with van der Waals surface area (Å²) in [4.78, 5) is 12.0. The third-order valence-corrected chi connectivity index (χ3v) is 4.18. The van der Waals surface area contributed by atoms with Crippen LogP contribution in [-0.4, -0.2) is 84.2 Å². The molecule has 1 aromatic carbocycles. The molecule has 0 amide bonds. The summed E-state index contributed by atoms with van der Waals surface area (Å²) in [5, 5.41) is 42.2. The molecule has 1 aliphatic heterocycles. The number of hydrogen-bond donors (Lipinski definition) is 4. The van der Waals surface area contributed by atoms with Crippen LogP contribution in [-0.2, 0) is 9.47 Å². The van der Waals surface area contributed by atoms with Crippen molar-refractivity contribution < 1.29 is 39.2 Å². The molecule has 5 atom stereocenters. The van der Waals surface area contributed by atoms with Gasteiger partial charge in [0.1, 0.15) is 24.9 Å². The molecular formula is C16H24N2O7. The zero-order valence-electron chi connectivity index (χ0n) is 14.3. The third kappa shape index (κ3) is 4.20. The van der Waals surface area contributed by atoms with E-state index in [1.165, 1.54) is 12.1 Å². The molecular weight excluding hydrogens is 332 g/mol. The highest BCUT2D eigenvalue weighted by Crippen LogP contribution is 2.26. The number of esters is 1. The van der Waals surface area contributed by atoms with E-state index in [0.29, 0.717) is 0 Å². The van der Waals surface area contributed by atoms with Gasteiger partial charge in [-0.25, -0.2) is 4.79 Å². The Bertz CT molecular complexity index is 631. The number of rotatable bonds is 4. The van der Waals surface area contributed by atoms with E-state index in [2.05, 4.69) is 0 Å². The molecule has 1 heterocycles. The molecule has 140 valence electrons. The smallest absolute Gasteiger partial charge is 0.337 e. The first-order valence-electron chi connectivity index (χ1n) is 7.77. The molecule has 1 aromatic rings. The summed E-state index contributed by atoms with van der Waals surface area (Å²) in [7, 11) is 5.22. The van der Waals surface area contributed by atoms with Crippen LogP contribution in [0.25, 0.3) is 0 Å². The van der Waals surface area contributed by atoms with Gasteiger partial charge in [0.25, 0.3) is 0 Å². The topological polar surface area (TPSA) is 145 Å². The minimum atomic E-state index is -1.37. The van der Waals surface area contributed by atoms with Crippen LogP contribution >= 0.6 is 0 Å². The van der Waals surface area contributed by atoms with Gasteiger partial charge in [-0.2, -0.15) is 0 Å². The molecule has 0 aliphatic carbocycles. The summed E-state index contributed by atoms with van der Waals surface area (Å²) in [6.07, 6.45) is -5.14. The summed E-state index contributed by atoms with van der Waals surface area (Å²) >= 11 is 0. The maximum atomic E-state index is 12.0. The van der Waals surface area contributed by atoms with Crippen molar-refractivity contribution in [1.82, 2.24) is 0 Å². The van der Waals surface area contributed by atoms with Crippen molar-refractivity contribution in [1.29, 1.82) is 0 Å². The number of carbonyl (C=O) groups is 1. The lowest BCUT2D eigenvalue weighted by atomic mass is 9.95. The van der Waals surface area contributed by atoms with Gasteiger partial charge >= 0.3 is 5.97 Å². The maximum absolute atomic E-state index is 12.0. The average molecular weight is 356 g/mol. The SMILES string of the molecule is C[N+](C)(C)[C@@H]1[C@@H](O)[C@H](O)[C@@H](COC(=O)c2cc(N)ccc2[O-])O[C@H]1O. The van der Waals surface area contributed by atoms with E-state index in [-0.39, 0.29) is 15.7 Å². The molecule has 0 radical (unpaired) electrons. The van der Waals surface area contributed by atoms with Crippen LogP contribution in [0.15, 0.2) is 18.2 Å². The van der Waals surface area contributed by atoms with Gasteiger partial charge in [0.15, 0.2) is 6.04 Å². The maximum Gasteiger partial charge on any atom is 0.337 e. The highest BCUT2D eigenvalue weighted by Gasteiger charge is 2.50. The van der Waals surface area contributed by atoms with Crippen LogP contribution in [0.1, 0.15) is 10.4 Å². The Morgan fingerprint density at radius 3 is 2.52 bits per heavy atom. The molecule has 1 aliphatic rings. The van der Waals surface area contributed by atoms with Crippen LogP contribution in [0.3, 0.4) is 0 Å². The van der Waals surface area contributed by atoms with Gasteiger partial charge < -0.3 is 40.1 Å². The molecule has 0 aromatic heterocycles. The molecule has 9 heteroatoms. The fourth-order valence-electron chi connectivity index (χ4n) is 2.85. The van der Waals surface area contributed by atoms with Gasteiger partial charge in [-0.3, -0.25) is 0 Å². The fraction of sp³-hybridized carbons (Fsp3) is 0.562. The summed E-state index contributed by atoms with van der Waals surface area (Å²) in [6.45, 7) is -0.438. The first kappa shape index (κ1) is 19.4. The highest BCUT2D eigenvalue weighted by atomic mass is 16.6. The Morgan fingerprint density at radius 1 is 1.28 bits per heavy atom. The van der Waals surface area contributed by atoms with E-state index in [9.17, 15) is 25.2 Å². The molecule has 25 heavy (non-hydrogen) atoms. The number of likely N-dealkylation sites (N-methyl/N-ethyl adjacent to an activating group) is 1. The molecule has 1 saturated heterocycles.